The number of nitrogens with one attached hydrogen (secondary N) is 2. The Morgan fingerprint density at radius 3 is 2.44 bits per heavy atom. The van der Waals surface area contributed by atoms with E-state index in [-0.39, 0.29) is 18.1 Å². The molecule has 9 nitrogen and oxygen atoms in total. The Morgan fingerprint density at radius 1 is 1.00 bits per heavy atom. The zero-order chi connectivity index (χ0) is 24.9. The van der Waals surface area contributed by atoms with Crippen molar-refractivity contribution in [2.45, 2.75) is 62.0 Å². The largest absolute Gasteiger partial charge is 0.384 e. The highest BCUT2D eigenvalue weighted by Crippen LogP contribution is 2.39. The molecular weight excluding hydrogens is 474 g/mol. The van der Waals surface area contributed by atoms with Gasteiger partial charge in [0.2, 0.25) is 10.0 Å². The molecule has 186 valence electrons. The van der Waals surface area contributed by atoms with Crippen molar-refractivity contribution in [1.82, 2.24) is 24.5 Å². The molecule has 1 unspecified atom stereocenters. The summed E-state index contributed by atoms with van der Waals surface area (Å²) in [6, 6.07) is 16.4. The first-order valence-electron chi connectivity index (χ1n) is 12.3. The molecule has 4 aromatic rings. The molecule has 0 aliphatic carbocycles. The predicted octanol–water partition coefficient (Wildman–Crippen LogP) is 4.10. The fourth-order valence-electron chi connectivity index (χ4n) is 5.70. The molecule has 2 bridgehead atoms. The number of pyridine rings is 2. The van der Waals surface area contributed by atoms with Gasteiger partial charge in [-0.3, -0.25) is 5.10 Å². The van der Waals surface area contributed by atoms with Gasteiger partial charge in [-0.15, -0.1) is 0 Å². The van der Waals surface area contributed by atoms with E-state index in [1.54, 1.807) is 34.6 Å². The molecule has 2 aliphatic heterocycles. The highest BCUT2D eigenvalue weighted by Gasteiger charge is 2.45. The van der Waals surface area contributed by atoms with Crippen LogP contribution in [0.2, 0.25) is 0 Å². The van der Waals surface area contributed by atoms with Crippen molar-refractivity contribution in [3.8, 4) is 11.4 Å². The van der Waals surface area contributed by atoms with Crippen LogP contribution in [0.3, 0.4) is 0 Å². The summed E-state index contributed by atoms with van der Waals surface area (Å²) < 4.78 is 28.8. The maximum Gasteiger partial charge on any atom is 0.243 e. The number of aryl methyl sites for hydroxylation is 1. The monoisotopic (exact) mass is 503 g/mol. The number of sulfonamides is 1. The van der Waals surface area contributed by atoms with Crippen molar-refractivity contribution in [3.63, 3.8) is 0 Å². The van der Waals surface area contributed by atoms with Gasteiger partial charge >= 0.3 is 0 Å². The Morgan fingerprint density at radius 2 is 1.75 bits per heavy atom. The standard InChI is InChI=1S/C26H29N7O2S/c1-16-12-24(32-31-16)22-11-10-21-23(29-22)15-25(27)30-26(21)28-17-13-18-6-5-7-19(14-17)33(18)36(34,35)20-8-3-2-4-9-20/h2-4,8-12,15,17-19H,5-7,13-14H2,1H3,(H,31,32)(H3,27,28,30)/t17?,18-,19+. The van der Waals surface area contributed by atoms with E-state index in [4.69, 9.17) is 10.7 Å². The summed E-state index contributed by atoms with van der Waals surface area (Å²) in [7, 11) is -3.54. The molecule has 2 fully saturated rings. The maximum absolute atomic E-state index is 13.5. The van der Waals surface area contributed by atoms with Crippen LogP contribution in [0.4, 0.5) is 11.6 Å². The first kappa shape index (κ1) is 22.9. The van der Waals surface area contributed by atoms with E-state index in [1.807, 2.05) is 31.2 Å². The molecule has 10 heteroatoms. The van der Waals surface area contributed by atoms with Gasteiger partial charge in [0.25, 0.3) is 0 Å². The third-order valence-electron chi connectivity index (χ3n) is 7.24. The van der Waals surface area contributed by atoms with Crippen molar-refractivity contribution in [2.75, 3.05) is 11.1 Å². The number of H-pyrrole nitrogens is 1. The second-order valence-electron chi connectivity index (χ2n) is 9.79. The second kappa shape index (κ2) is 8.86. The number of aromatic amines is 1. The van der Waals surface area contributed by atoms with Crippen LogP contribution in [-0.4, -0.2) is 51.0 Å². The lowest BCUT2D eigenvalue weighted by molar-refractivity contribution is 0.116. The van der Waals surface area contributed by atoms with E-state index < -0.39 is 10.0 Å². The summed E-state index contributed by atoms with van der Waals surface area (Å²) in [5, 5.41) is 11.7. The van der Waals surface area contributed by atoms with E-state index in [1.165, 1.54) is 0 Å². The van der Waals surface area contributed by atoms with Crippen LogP contribution in [0.25, 0.3) is 22.3 Å². The predicted molar refractivity (Wildman–Crippen MR) is 140 cm³/mol. The van der Waals surface area contributed by atoms with Crippen molar-refractivity contribution in [1.29, 1.82) is 0 Å². The number of piperidine rings is 2. The molecule has 0 radical (unpaired) electrons. The number of nitrogens with two attached hydrogens (primary N) is 1. The topological polar surface area (TPSA) is 130 Å². The van der Waals surface area contributed by atoms with Crippen molar-refractivity contribution < 1.29 is 8.42 Å². The molecule has 1 aromatic carbocycles. The molecule has 2 aliphatic rings. The van der Waals surface area contributed by atoms with Crippen LogP contribution in [0.15, 0.2) is 59.5 Å². The maximum atomic E-state index is 13.5. The van der Waals surface area contributed by atoms with Gasteiger partial charge in [0, 0.05) is 35.3 Å². The van der Waals surface area contributed by atoms with Crippen molar-refractivity contribution in [3.05, 3.63) is 60.3 Å². The minimum atomic E-state index is -3.54. The van der Waals surface area contributed by atoms with Crippen LogP contribution < -0.4 is 11.1 Å². The number of nitrogens with zero attached hydrogens (tertiary/aromatic N) is 4. The number of anilines is 2. The van der Waals surface area contributed by atoms with Crippen LogP contribution in [0, 0.1) is 6.92 Å². The minimum absolute atomic E-state index is 0.0415. The van der Waals surface area contributed by atoms with Gasteiger partial charge in [0.1, 0.15) is 17.3 Å². The van der Waals surface area contributed by atoms with Crippen LogP contribution in [0.5, 0.6) is 0 Å². The van der Waals surface area contributed by atoms with Gasteiger partial charge in [-0.2, -0.15) is 9.40 Å². The number of benzene rings is 1. The van der Waals surface area contributed by atoms with E-state index in [9.17, 15) is 8.42 Å². The second-order valence-corrected chi connectivity index (χ2v) is 11.6. The summed E-state index contributed by atoms with van der Waals surface area (Å²) in [4.78, 5) is 9.73. The van der Waals surface area contributed by atoms with Gasteiger partial charge in [0.15, 0.2) is 0 Å². The van der Waals surface area contributed by atoms with Gasteiger partial charge in [-0.1, -0.05) is 24.6 Å². The molecule has 3 aromatic heterocycles. The van der Waals surface area contributed by atoms with Gasteiger partial charge in [-0.25, -0.2) is 18.4 Å². The van der Waals surface area contributed by atoms with Gasteiger partial charge in [0.05, 0.1) is 16.1 Å². The van der Waals surface area contributed by atoms with Crippen LogP contribution in [0.1, 0.15) is 37.8 Å². The van der Waals surface area contributed by atoms with Crippen molar-refractivity contribution >= 4 is 32.6 Å². The fraction of sp³-hybridized carbons (Fsp3) is 0.346. The minimum Gasteiger partial charge on any atom is -0.384 e. The Labute approximate surface area is 210 Å². The first-order chi connectivity index (χ1) is 17.4. The fourth-order valence-corrected chi connectivity index (χ4v) is 7.62. The third-order valence-corrected chi connectivity index (χ3v) is 9.26. The lowest BCUT2D eigenvalue weighted by atomic mass is 9.84. The van der Waals surface area contributed by atoms with Crippen LogP contribution in [-0.2, 0) is 10.0 Å². The van der Waals surface area contributed by atoms with Gasteiger partial charge in [-0.05, 0) is 62.9 Å². The normalized spacial score (nSPS) is 22.5. The number of hydrogen-bond acceptors (Lipinski definition) is 7. The zero-order valence-electron chi connectivity index (χ0n) is 20.1. The Balaban J connectivity index is 1.28. The molecule has 0 spiro atoms. The highest BCUT2D eigenvalue weighted by atomic mass is 32.2. The number of nitrogen functional groups attached to an aromatic ring is 1. The van der Waals surface area contributed by atoms with Crippen LogP contribution >= 0.6 is 0 Å². The third kappa shape index (κ3) is 4.10. The number of aromatic nitrogens is 4. The van der Waals surface area contributed by atoms with Gasteiger partial charge < -0.3 is 11.1 Å². The van der Waals surface area contributed by atoms with Crippen molar-refractivity contribution in [2.24, 2.45) is 0 Å². The SMILES string of the molecule is Cc1cc(-c2ccc3c(NC4C[C@H]5CCC[C@@H](C4)N5S(=O)(=O)c4ccccc4)nc(N)cc3n2)n[nH]1. The molecule has 3 atom stereocenters. The summed E-state index contributed by atoms with van der Waals surface area (Å²) in [5.41, 5.74) is 9.41. The molecule has 2 saturated heterocycles. The van der Waals surface area contributed by atoms with E-state index in [0.29, 0.717) is 16.5 Å². The smallest absolute Gasteiger partial charge is 0.243 e. The Kier molecular flexibility index (Phi) is 5.65. The summed E-state index contributed by atoms with van der Waals surface area (Å²) >= 11 is 0. The molecule has 6 rings (SSSR count). The first-order valence-corrected chi connectivity index (χ1v) is 13.8. The average Bonchev–Trinajstić information content (AvgIpc) is 3.30. The van der Waals surface area contributed by atoms with E-state index in [0.717, 1.165) is 60.1 Å². The molecule has 36 heavy (non-hydrogen) atoms. The average molecular weight is 504 g/mol. The zero-order valence-corrected chi connectivity index (χ0v) is 20.9. The molecule has 4 N–H and O–H groups in total. The summed E-state index contributed by atoms with van der Waals surface area (Å²) in [5.74, 6) is 1.07. The molecular formula is C26H29N7O2S. The number of fused-ring (bicyclic) bond motifs is 3. The molecule has 0 amide bonds. The molecule has 5 heterocycles. The number of rotatable bonds is 5. The Hall–Kier alpha value is -3.50. The molecule has 0 saturated carbocycles. The summed E-state index contributed by atoms with van der Waals surface area (Å²) in [6.45, 7) is 1.95. The van der Waals surface area contributed by atoms with E-state index >= 15 is 0 Å². The summed E-state index contributed by atoms with van der Waals surface area (Å²) in [6.07, 6.45) is 4.21. The Bertz CT molecular complexity index is 1510. The lowest BCUT2D eigenvalue weighted by Gasteiger charge is -2.47. The van der Waals surface area contributed by atoms with E-state index in [2.05, 4.69) is 20.5 Å². The lowest BCUT2D eigenvalue weighted by Crippen LogP contribution is -2.56. The quantitative estimate of drug-likeness (QED) is 0.374. The highest BCUT2D eigenvalue weighted by molar-refractivity contribution is 7.89. The number of hydrogen-bond donors (Lipinski definition) is 3.